The molecule has 10 heteroatoms. The smallest absolute Gasteiger partial charge is 0.280 e. The minimum atomic E-state index is -0.562. The van der Waals surface area contributed by atoms with Gasteiger partial charge in [0.25, 0.3) is 11.5 Å². The van der Waals surface area contributed by atoms with Crippen LogP contribution in [-0.2, 0) is 7.05 Å². The zero-order valence-corrected chi connectivity index (χ0v) is 22.2. The molecule has 1 amide bonds. The number of anilines is 1. The van der Waals surface area contributed by atoms with Crippen molar-refractivity contribution in [2.45, 2.75) is 25.8 Å². The summed E-state index contributed by atoms with van der Waals surface area (Å²) in [6.45, 7) is 4.02. The van der Waals surface area contributed by atoms with Crippen LogP contribution >= 0.6 is 11.6 Å². The number of aromatic nitrogens is 3. The quantitative estimate of drug-likeness (QED) is 0.370. The number of carbonyl (C=O) groups is 1. The van der Waals surface area contributed by atoms with Gasteiger partial charge in [-0.3, -0.25) is 14.5 Å². The van der Waals surface area contributed by atoms with Gasteiger partial charge in [-0.1, -0.05) is 31.5 Å². The fraction of sp³-hybridized carbons (Fsp3) is 0.207. The van der Waals surface area contributed by atoms with Gasteiger partial charge in [0.1, 0.15) is 16.5 Å². The van der Waals surface area contributed by atoms with E-state index in [1.54, 1.807) is 54.1 Å². The highest BCUT2D eigenvalue weighted by molar-refractivity contribution is 6.31. The van der Waals surface area contributed by atoms with Gasteiger partial charge in [-0.25, -0.2) is 4.68 Å². The fourth-order valence-corrected chi connectivity index (χ4v) is 5.92. The van der Waals surface area contributed by atoms with E-state index in [1.807, 2.05) is 19.9 Å². The Bertz CT molecular complexity index is 1890. The van der Waals surface area contributed by atoms with Crippen LogP contribution in [0.25, 0.3) is 16.9 Å². The molecular weight excluding hydrogens is 516 g/mol. The van der Waals surface area contributed by atoms with Crippen LogP contribution in [0.15, 0.2) is 47.3 Å². The maximum Gasteiger partial charge on any atom is 0.280 e. The van der Waals surface area contributed by atoms with E-state index < -0.39 is 11.6 Å². The first-order valence-electron chi connectivity index (χ1n) is 12.2. The van der Waals surface area contributed by atoms with Gasteiger partial charge in [0.05, 0.1) is 53.5 Å². The predicted octanol–water partition coefficient (Wildman–Crippen LogP) is 4.83. The van der Waals surface area contributed by atoms with Crippen LogP contribution < -0.4 is 15.2 Å². The van der Waals surface area contributed by atoms with E-state index in [4.69, 9.17) is 21.4 Å². The predicted molar refractivity (Wildman–Crippen MR) is 144 cm³/mol. The third-order valence-corrected chi connectivity index (χ3v) is 7.61. The van der Waals surface area contributed by atoms with Crippen LogP contribution in [0, 0.1) is 22.7 Å². The van der Waals surface area contributed by atoms with Gasteiger partial charge < -0.3 is 9.30 Å². The maximum atomic E-state index is 14.1. The molecule has 6 rings (SSSR count). The molecule has 0 saturated carbocycles. The largest absolute Gasteiger partial charge is 0.494 e. The topological polar surface area (TPSA) is 117 Å². The van der Waals surface area contributed by atoms with Crippen molar-refractivity contribution in [1.29, 1.82) is 10.5 Å². The Balaban J connectivity index is 1.70. The molecule has 2 aliphatic heterocycles. The van der Waals surface area contributed by atoms with Crippen molar-refractivity contribution in [3.63, 3.8) is 0 Å². The highest BCUT2D eigenvalue weighted by Crippen LogP contribution is 2.53. The Morgan fingerprint density at radius 2 is 1.72 bits per heavy atom. The molecule has 0 bridgehead atoms. The van der Waals surface area contributed by atoms with Gasteiger partial charge in [-0.15, -0.1) is 0 Å². The molecule has 1 unspecified atom stereocenters. The van der Waals surface area contributed by atoms with Crippen LogP contribution in [0.1, 0.15) is 64.2 Å². The normalized spacial score (nSPS) is 14.8. The summed E-state index contributed by atoms with van der Waals surface area (Å²) >= 11 is 6.33. The highest BCUT2D eigenvalue weighted by Gasteiger charge is 2.49. The second-order valence-corrected chi connectivity index (χ2v) is 10.2. The van der Waals surface area contributed by atoms with E-state index >= 15 is 0 Å². The van der Waals surface area contributed by atoms with Crippen molar-refractivity contribution in [3.8, 4) is 34.8 Å². The number of nitrogens with zero attached hydrogens (tertiary/aromatic N) is 6. The monoisotopic (exact) mass is 536 g/mol. The summed E-state index contributed by atoms with van der Waals surface area (Å²) in [6.07, 6.45) is 0. The lowest BCUT2D eigenvalue weighted by atomic mass is 9.86. The zero-order chi connectivity index (χ0) is 27.7. The molecule has 2 aromatic heterocycles. The maximum absolute atomic E-state index is 14.1. The molecule has 9 nitrogen and oxygen atoms in total. The van der Waals surface area contributed by atoms with E-state index in [2.05, 4.69) is 12.1 Å². The third kappa shape index (κ3) is 3.27. The van der Waals surface area contributed by atoms with Gasteiger partial charge in [-0.2, -0.15) is 15.6 Å². The van der Waals surface area contributed by atoms with Gasteiger partial charge in [0.2, 0.25) is 0 Å². The molecule has 4 aromatic rings. The van der Waals surface area contributed by atoms with E-state index in [1.165, 1.54) is 10.6 Å². The van der Waals surface area contributed by atoms with Crippen molar-refractivity contribution in [1.82, 2.24) is 14.3 Å². The van der Waals surface area contributed by atoms with Crippen molar-refractivity contribution >= 4 is 23.2 Å². The lowest BCUT2D eigenvalue weighted by molar-refractivity contribution is 0.0988. The van der Waals surface area contributed by atoms with E-state index in [-0.39, 0.29) is 22.5 Å². The van der Waals surface area contributed by atoms with Crippen LogP contribution in [0.4, 0.5) is 5.69 Å². The Hall–Kier alpha value is -4.86. The molecule has 4 heterocycles. The standard InChI is InChI=1S/C29H21ClN6O3/c1-14(2)25-23-24(33-36(25)20-10-16(13-32)6-8-22(20)39-4)29(38)35-21-11-19(30)28(37)34(3)26(21)18-9-15(12-31)5-7-17(18)27(23)35/h5-11,14,27H,1-4H3. The SMILES string of the molecule is COc1ccc(C#N)cc1-n1nc2c(c1C(C)C)C1c3ccc(C#N)cc3-c3c(cc(Cl)c(=O)n3C)N1C2=O. The highest BCUT2D eigenvalue weighted by atomic mass is 35.5. The lowest BCUT2D eigenvalue weighted by Gasteiger charge is -2.36. The first kappa shape index (κ1) is 24.5. The summed E-state index contributed by atoms with van der Waals surface area (Å²) in [5, 5.41) is 23.9. The van der Waals surface area contributed by atoms with Crippen LogP contribution in [0.3, 0.4) is 0 Å². The number of benzene rings is 2. The third-order valence-electron chi connectivity index (χ3n) is 7.34. The fourth-order valence-electron chi connectivity index (χ4n) is 5.69. The Morgan fingerprint density at radius 1 is 1.03 bits per heavy atom. The minimum absolute atomic E-state index is 0.0144. The average Bonchev–Trinajstić information content (AvgIpc) is 3.46. The molecule has 0 N–H and O–H groups in total. The van der Waals surface area contributed by atoms with Crippen molar-refractivity contribution in [2.75, 3.05) is 12.0 Å². The number of fused-ring (bicyclic) bond motifs is 8. The molecule has 192 valence electrons. The lowest BCUT2D eigenvalue weighted by Crippen LogP contribution is -2.36. The number of rotatable bonds is 3. The molecule has 0 fully saturated rings. The Labute approximate surface area is 228 Å². The molecule has 2 aromatic carbocycles. The van der Waals surface area contributed by atoms with Gasteiger partial charge >= 0.3 is 0 Å². The summed E-state index contributed by atoms with van der Waals surface area (Å²) < 4.78 is 8.70. The van der Waals surface area contributed by atoms with Crippen LogP contribution in [0.5, 0.6) is 5.75 Å². The first-order valence-corrected chi connectivity index (χ1v) is 12.6. The number of amides is 1. The second kappa shape index (κ2) is 8.59. The molecule has 39 heavy (non-hydrogen) atoms. The Kier molecular flexibility index (Phi) is 5.39. The number of ether oxygens (including phenoxy) is 1. The number of methoxy groups -OCH3 is 1. The van der Waals surface area contributed by atoms with Crippen LogP contribution in [0.2, 0.25) is 5.02 Å². The van der Waals surface area contributed by atoms with Gasteiger partial charge in [0, 0.05) is 18.2 Å². The summed E-state index contributed by atoms with van der Waals surface area (Å²) in [5.74, 6) is 0.102. The molecular formula is C29H21ClN6O3. The summed E-state index contributed by atoms with van der Waals surface area (Å²) in [4.78, 5) is 28.6. The number of hydrogen-bond donors (Lipinski definition) is 0. The first-order chi connectivity index (χ1) is 18.7. The van der Waals surface area contributed by atoms with Gasteiger partial charge in [-0.05, 0) is 47.9 Å². The summed E-state index contributed by atoms with van der Waals surface area (Å²) in [7, 11) is 3.14. The van der Waals surface area contributed by atoms with E-state index in [9.17, 15) is 20.1 Å². The molecule has 0 radical (unpaired) electrons. The zero-order valence-electron chi connectivity index (χ0n) is 21.5. The summed E-state index contributed by atoms with van der Waals surface area (Å²) in [6, 6.07) is 15.6. The molecule has 0 spiro atoms. The Morgan fingerprint density at radius 3 is 2.38 bits per heavy atom. The molecule has 1 atom stereocenters. The number of pyridine rings is 1. The number of carbonyl (C=O) groups excluding carboxylic acids is 1. The summed E-state index contributed by atoms with van der Waals surface area (Å²) in [5.41, 5.74) is 5.21. The molecule has 0 aliphatic carbocycles. The number of nitriles is 2. The minimum Gasteiger partial charge on any atom is -0.494 e. The second-order valence-electron chi connectivity index (χ2n) is 9.79. The van der Waals surface area contributed by atoms with Crippen molar-refractivity contribution in [3.05, 3.63) is 91.5 Å². The van der Waals surface area contributed by atoms with Gasteiger partial charge in [0.15, 0.2) is 5.69 Å². The number of halogens is 1. The van der Waals surface area contributed by atoms with Crippen molar-refractivity contribution < 1.29 is 9.53 Å². The van der Waals surface area contributed by atoms with E-state index in [0.717, 1.165) is 16.8 Å². The molecule has 2 aliphatic rings. The van der Waals surface area contributed by atoms with Crippen molar-refractivity contribution in [2.24, 2.45) is 7.05 Å². The number of hydrogen-bond acceptors (Lipinski definition) is 6. The van der Waals surface area contributed by atoms with E-state index in [0.29, 0.717) is 39.5 Å². The van der Waals surface area contributed by atoms with Crippen LogP contribution in [-0.4, -0.2) is 27.4 Å². The molecule has 0 saturated heterocycles. The average molecular weight is 537 g/mol.